The van der Waals surface area contributed by atoms with E-state index in [1.807, 2.05) is 0 Å². The summed E-state index contributed by atoms with van der Waals surface area (Å²) in [6.45, 7) is -3.17. The van der Waals surface area contributed by atoms with Gasteiger partial charge in [-0.25, -0.2) is 4.79 Å². The first kappa shape index (κ1) is 11.7. The Balaban J connectivity index is 3.30. The smallest absolute Gasteiger partial charge is 0.387 e. The molecule has 0 saturated heterocycles. The monoisotopic (exact) mass is 229 g/mol. The molecule has 0 aliphatic heterocycles. The minimum Gasteiger partial charge on any atom is -0.503 e. The van der Waals surface area contributed by atoms with E-state index in [1.54, 1.807) is 0 Å². The highest BCUT2D eigenvalue weighted by atomic mass is 19.3. The molecule has 0 heterocycles. The van der Waals surface area contributed by atoms with Gasteiger partial charge in [0.15, 0.2) is 11.5 Å². The van der Waals surface area contributed by atoms with Crippen LogP contribution in [0.4, 0.5) is 8.78 Å². The maximum atomic E-state index is 11.9. The van der Waals surface area contributed by atoms with Crippen molar-refractivity contribution in [2.45, 2.75) is 6.61 Å². The molecular weight excluding hydrogens is 224 g/mol. The Morgan fingerprint density at radius 2 is 2.12 bits per heavy atom. The summed E-state index contributed by atoms with van der Waals surface area (Å²) >= 11 is 0. The van der Waals surface area contributed by atoms with Gasteiger partial charge in [0.05, 0.1) is 5.56 Å². The Labute approximate surface area is 88.1 Å². The number of benzene rings is 1. The quantitative estimate of drug-likeness (QED) is 0.820. The van der Waals surface area contributed by atoms with Gasteiger partial charge in [-0.3, -0.25) is 0 Å². The zero-order valence-corrected chi connectivity index (χ0v) is 7.65. The maximum absolute atomic E-state index is 11.9. The van der Waals surface area contributed by atoms with Crippen LogP contribution in [0, 0.1) is 11.3 Å². The lowest BCUT2D eigenvalue weighted by molar-refractivity contribution is -0.0512. The van der Waals surface area contributed by atoms with Gasteiger partial charge in [0.1, 0.15) is 11.6 Å². The fourth-order valence-electron chi connectivity index (χ4n) is 1.05. The average molecular weight is 229 g/mol. The van der Waals surface area contributed by atoms with Crippen LogP contribution in [0.5, 0.6) is 11.5 Å². The Morgan fingerprint density at radius 1 is 1.50 bits per heavy atom. The maximum Gasteiger partial charge on any atom is 0.387 e. The molecule has 84 valence electrons. The largest absolute Gasteiger partial charge is 0.503 e. The fourth-order valence-corrected chi connectivity index (χ4v) is 1.05. The SMILES string of the molecule is N#Cc1c(C(=O)O)ccc(OC(F)F)c1O. The Bertz CT molecular complexity index is 467. The summed E-state index contributed by atoms with van der Waals surface area (Å²) in [7, 11) is 0. The molecule has 0 radical (unpaired) electrons. The van der Waals surface area contributed by atoms with Gasteiger partial charge in [0.25, 0.3) is 0 Å². The van der Waals surface area contributed by atoms with Gasteiger partial charge in [0.2, 0.25) is 0 Å². The molecule has 16 heavy (non-hydrogen) atoms. The van der Waals surface area contributed by atoms with Crippen molar-refractivity contribution in [3.05, 3.63) is 23.3 Å². The number of aromatic carboxylic acids is 1. The molecule has 0 aliphatic carbocycles. The van der Waals surface area contributed by atoms with E-state index in [2.05, 4.69) is 4.74 Å². The van der Waals surface area contributed by atoms with Crippen molar-refractivity contribution in [2.24, 2.45) is 0 Å². The van der Waals surface area contributed by atoms with Crippen LogP contribution in [0.2, 0.25) is 0 Å². The van der Waals surface area contributed by atoms with E-state index < -0.39 is 35.2 Å². The number of ether oxygens (including phenoxy) is 1. The molecule has 5 nitrogen and oxygen atoms in total. The summed E-state index contributed by atoms with van der Waals surface area (Å²) in [6.07, 6.45) is 0. The molecule has 1 aromatic carbocycles. The van der Waals surface area contributed by atoms with Crippen molar-refractivity contribution in [2.75, 3.05) is 0 Å². The van der Waals surface area contributed by atoms with Gasteiger partial charge < -0.3 is 14.9 Å². The van der Waals surface area contributed by atoms with Crippen molar-refractivity contribution in [1.29, 1.82) is 5.26 Å². The molecule has 1 rings (SSSR count). The number of nitrogens with zero attached hydrogens (tertiary/aromatic N) is 1. The lowest BCUT2D eigenvalue weighted by Crippen LogP contribution is -2.05. The van der Waals surface area contributed by atoms with Gasteiger partial charge in [-0.15, -0.1) is 0 Å². The normalized spacial score (nSPS) is 9.88. The van der Waals surface area contributed by atoms with Crippen LogP contribution < -0.4 is 4.74 Å². The van der Waals surface area contributed by atoms with Gasteiger partial charge >= 0.3 is 12.6 Å². The van der Waals surface area contributed by atoms with Crippen LogP contribution in [0.25, 0.3) is 0 Å². The van der Waals surface area contributed by atoms with Crippen LogP contribution in [0.15, 0.2) is 12.1 Å². The summed E-state index contributed by atoms with van der Waals surface area (Å²) in [6, 6.07) is 3.16. The number of carboxylic acid groups (broad SMARTS) is 1. The number of carboxylic acids is 1. The number of hydrogen-bond donors (Lipinski definition) is 2. The molecule has 0 bridgehead atoms. The fraction of sp³-hybridized carbons (Fsp3) is 0.111. The first-order valence-electron chi connectivity index (χ1n) is 3.91. The summed E-state index contributed by atoms with van der Waals surface area (Å²) in [4.78, 5) is 10.6. The van der Waals surface area contributed by atoms with Gasteiger partial charge in [-0.2, -0.15) is 14.0 Å². The number of phenolic OH excluding ortho intramolecular Hbond substituents is 1. The predicted molar refractivity (Wildman–Crippen MR) is 46.4 cm³/mol. The van der Waals surface area contributed by atoms with Crippen molar-refractivity contribution >= 4 is 5.97 Å². The first-order chi connectivity index (χ1) is 7.47. The van der Waals surface area contributed by atoms with Crippen LogP contribution in [0.1, 0.15) is 15.9 Å². The van der Waals surface area contributed by atoms with Crippen molar-refractivity contribution in [1.82, 2.24) is 0 Å². The summed E-state index contributed by atoms with van der Waals surface area (Å²) in [5.41, 5.74) is -1.10. The number of halogens is 2. The van der Waals surface area contributed by atoms with E-state index in [-0.39, 0.29) is 0 Å². The average Bonchev–Trinajstić information content (AvgIpc) is 2.19. The van der Waals surface area contributed by atoms with Crippen molar-refractivity contribution in [3.8, 4) is 17.6 Å². The first-order valence-corrected chi connectivity index (χ1v) is 3.91. The number of aromatic hydroxyl groups is 1. The Hall–Kier alpha value is -2.36. The van der Waals surface area contributed by atoms with E-state index in [0.717, 1.165) is 12.1 Å². The second-order valence-corrected chi connectivity index (χ2v) is 2.63. The van der Waals surface area contributed by atoms with Crippen LogP contribution >= 0.6 is 0 Å². The third-order valence-electron chi connectivity index (χ3n) is 1.70. The standard InChI is InChI=1S/C9H5F2NO4/c10-9(11)16-6-2-1-4(8(14)15)5(3-12)7(6)13/h1-2,9,13H,(H,14,15). The van der Waals surface area contributed by atoms with Crippen LogP contribution in [-0.2, 0) is 0 Å². The highest BCUT2D eigenvalue weighted by Gasteiger charge is 2.19. The lowest BCUT2D eigenvalue weighted by atomic mass is 10.1. The van der Waals surface area contributed by atoms with Crippen LogP contribution in [-0.4, -0.2) is 22.8 Å². The Kier molecular flexibility index (Phi) is 3.25. The number of hydrogen-bond acceptors (Lipinski definition) is 4. The molecule has 0 saturated carbocycles. The number of phenols is 1. The molecule has 0 spiro atoms. The second kappa shape index (κ2) is 4.44. The molecule has 2 N–H and O–H groups in total. The summed E-state index contributed by atoms with van der Waals surface area (Å²) in [5.74, 6) is -3.00. The minimum absolute atomic E-state index is 0.485. The molecule has 0 atom stereocenters. The number of carbonyl (C=O) groups is 1. The number of alkyl halides is 2. The van der Waals surface area contributed by atoms with E-state index in [1.165, 1.54) is 6.07 Å². The lowest BCUT2D eigenvalue weighted by Gasteiger charge is -2.08. The molecule has 0 aromatic heterocycles. The summed E-state index contributed by atoms with van der Waals surface area (Å²) in [5, 5.41) is 26.6. The van der Waals surface area contributed by atoms with Gasteiger partial charge in [-0.05, 0) is 12.1 Å². The molecule has 0 unspecified atom stereocenters. The van der Waals surface area contributed by atoms with Gasteiger partial charge in [0, 0.05) is 0 Å². The molecule has 0 fully saturated rings. The molecular formula is C9H5F2NO4. The van der Waals surface area contributed by atoms with E-state index in [4.69, 9.17) is 10.4 Å². The second-order valence-electron chi connectivity index (χ2n) is 2.63. The summed E-state index contributed by atoms with van der Waals surface area (Å²) < 4.78 is 27.6. The third kappa shape index (κ3) is 2.17. The van der Waals surface area contributed by atoms with E-state index in [0.29, 0.717) is 0 Å². The molecule has 1 aromatic rings. The predicted octanol–water partition coefficient (Wildman–Crippen LogP) is 1.56. The topological polar surface area (TPSA) is 90.6 Å². The molecule has 0 amide bonds. The third-order valence-corrected chi connectivity index (χ3v) is 1.70. The zero-order valence-electron chi connectivity index (χ0n) is 7.65. The number of nitriles is 1. The van der Waals surface area contributed by atoms with E-state index in [9.17, 15) is 18.7 Å². The highest BCUT2D eigenvalue weighted by molar-refractivity contribution is 5.92. The molecule has 7 heteroatoms. The van der Waals surface area contributed by atoms with E-state index >= 15 is 0 Å². The Morgan fingerprint density at radius 3 is 2.56 bits per heavy atom. The highest BCUT2D eigenvalue weighted by Crippen LogP contribution is 2.32. The number of rotatable bonds is 3. The van der Waals surface area contributed by atoms with Crippen molar-refractivity contribution < 1.29 is 28.5 Å². The zero-order chi connectivity index (χ0) is 12.3. The van der Waals surface area contributed by atoms with Crippen LogP contribution in [0.3, 0.4) is 0 Å². The minimum atomic E-state index is -3.17. The van der Waals surface area contributed by atoms with Crippen molar-refractivity contribution in [3.63, 3.8) is 0 Å². The molecule has 0 aliphatic rings. The van der Waals surface area contributed by atoms with Gasteiger partial charge in [-0.1, -0.05) is 0 Å².